The lowest BCUT2D eigenvalue weighted by Gasteiger charge is -2.05. The van der Waals surface area contributed by atoms with Gasteiger partial charge < -0.3 is 4.74 Å². The summed E-state index contributed by atoms with van der Waals surface area (Å²) in [6.45, 7) is 8.46. The Morgan fingerprint density at radius 3 is 2.67 bits per heavy atom. The van der Waals surface area contributed by atoms with Crippen molar-refractivity contribution in [2.75, 3.05) is 0 Å². The van der Waals surface area contributed by atoms with Crippen molar-refractivity contribution < 1.29 is 4.74 Å². The molecule has 0 aliphatic heterocycles. The van der Waals surface area contributed by atoms with Crippen molar-refractivity contribution in [3.8, 4) is 11.8 Å². The lowest BCUT2D eigenvalue weighted by atomic mass is 10.1. The molecule has 0 aliphatic carbocycles. The maximum Gasteiger partial charge on any atom is 0.363 e. The molecule has 1 aromatic carbocycles. The molecule has 1 unspecified atom stereocenters. The van der Waals surface area contributed by atoms with Crippen LogP contribution in [-0.4, -0.2) is 6.23 Å². The number of hydrogen-bond donors (Lipinski definition) is 0. The van der Waals surface area contributed by atoms with Crippen LogP contribution < -0.4 is 4.74 Å². The topological polar surface area (TPSA) is 37.4 Å². The van der Waals surface area contributed by atoms with Crippen LogP contribution in [0.25, 0.3) is 4.85 Å². The van der Waals surface area contributed by atoms with Crippen molar-refractivity contribution in [3.63, 3.8) is 0 Å². The van der Waals surface area contributed by atoms with Crippen LogP contribution in [0.2, 0.25) is 0 Å². The maximum atomic E-state index is 8.43. The Labute approximate surface area is 89.7 Å². The normalized spacial score (nSPS) is 11.1. The number of ether oxygens (including phenoxy) is 1. The smallest absolute Gasteiger partial charge is 0.363 e. The zero-order chi connectivity index (χ0) is 11.1. The third-order valence-electron chi connectivity index (χ3n) is 1.94. The summed E-state index contributed by atoms with van der Waals surface area (Å²) in [4.78, 5) is 3.24. The van der Waals surface area contributed by atoms with Gasteiger partial charge in [0, 0.05) is 6.42 Å². The molecule has 0 spiro atoms. The maximum absolute atomic E-state index is 8.43. The Morgan fingerprint density at radius 1 is 1.47 bits per heavy atom. The molecule has 1 atom stereocenters. The van der Waals surface area contributed by atoms with E-state index in [0.29, 0.717) is 12.2 Å². The summed E-state index contributed by atoms with van der Waals surface area (Å²) < 4.78 is 5.30. The standard InChI is InChI=1S/C12H12N2O/c1-10(14-2)15-12-7-5-11(6-8-12)4-3-9-13/h5-8,10H,3-4H2,1H3. The number of rotatable bonds is 4. The third kappa shape index (κ3) is 3.70. The molecule has 0 fully saturated rings. The highest BCUT2D eigenvalue weighted by molar-refractivity contribution is 5.27. The molecule has 0 heterocycles. The Balaban J connectivity index is 2.58. The molecule has 1 rings (SSSR count). The van der Waals surface area contributed by atoms with E-state index in [4.69, 9.17) is 16.6 Å². The predicted octanol–water partition coefficient (Wildman–Crippen LogP) is 2.79. The van der Waals surface area contributed by atoms with Gasteiger partial charge in [0.15, 0.2) is 0 Å². The van der Waals surface area contributed by atoms with Crippen molar-refractivity contribution in [1.82, 2.24) is 0 Å². The second-order valence-electron chi connectivity index (χ2n) is 3.15. The highest BCUT2D eigenvalue weighted by atomic mass is 16.5. The molecule has 0 radical (unpaired) electrons. The van der Waals surface area contributed by atoms with Crippen molar-refractivity contribution in [2.24, 2.45) is 0 Å². The van der Waals surface area contributed by atoms with E-state index in [-0.39, 0.29) is 0 Å². The summed E-state index contributed by atoms with van der Waals surface area (Å²) in [5.41, 5.74) is 1.11. The molecule has 3 heteroatoms. The van der Waals surface area contributed by atoms with Crippen LogP contribution in [0.1, 0.15) is 18.9 Å². The van der Waals surface area contributed by atoms with E-state index in [9.17, 15) is 0 Å². The Kier molecular flexibility index (Phi) is 4.19. The van der Waals surface area contributed by atoms with E-state index in [2.05, 4.69) is 10.9 Å². The monoisotopic (exact) mass is 200 g/mol. The van der Waals surface area contributed by atoms with Crippen LogP contribution >= 0.6 is 0 Å². The van der Waals surface area contributed by atoms with E-state index >= 15 is 0 Å². The van der Waals surface area contributed by atoms with Crippen molar-refractivity contribution in [3.05, 3.63) is 41.2 Å². The SMILES string of the molecule is [C-]#[N+]C(C)Oc1ccc(CCC#N)cc1. The zero-order valence-corrected chi connectivity index (χ0v) is 8.60. The highest BCUT2D eigenvalue weighted by Crippen LogP contribution is 2.15. The van der Waals surface area contributed by atoms with Crippen molar-refractivity contribution in [2.45, 2.75) is 26.0 Å². The predicted molar refractivity (Wildman–Crippen MR) is 57.1 cm³/mol. The molecule has 0 aliphatic rings. The van der Waals surface area contributed by atoms with E-state index in [1.165, 1.54) is 0 Å². The summed E-state index contributed by atoms with van der Waals surface area (Å²) in [6.07, 6.45) is 0.836. The van der Waals surface area contributed by atoms with Gasteiger partial charge in [-0.1, -0.05) is 12.1 Å². The van der Waals surface area contributed by atoms with E-state index in [0.717, 1.165) is 12.0 Å². The quantitative estimate of drug-likeness (QED) is 0.701. The fourth-order valence-corrected chi connectivity index (χ4v) is 1.16. The molecule has 0 saturated carbocycles. The van der Waals surface area contributed by atoms with Crippen LogP contribution in [0.15, 0.2) is 24.3 Å². The second kappa shape index (κ2) is 5.67. The minimum absolute atomic E-state index is 0.449. The average Bonchev–Trinajstić information content (AvgIpc) is 2.28. The fourth-order valence-electron chi connectivity index (χ4n) is 1.16. The summed E-state index contributed by atoms with van der Waals surface area (Å²) >= 11 is 0. The van der Waals surface area contributed by atoms with Gasteiger partial charge in [-0.05, 0) is 24.1 Å². The molecular weight excluding hydrogens is 188 g/mol. The minimum Gasteiger partial charge on any atom is -0.424 e. The summed E-state index contributed by atoms with van der Waals surface area (Å²) in [5, 5.41) is 8.43. The zero-order valence-electron chi connectivity index (χ0n) is 8.60. The number of nitrogens with zero attached hydrogens (tertiary/aromatic N) is 2. The first-order valence-corrected chi connectivity index (χ1v) is 4.75. The number of hydrogen-bond acceptors (Lipinski definition) is 2. The lowest BCUT2D eigenvalue weighted by molar-refractivity contribution is 0.267. The number of benzene rings is 1. The number of aryl methyl sites for hydroxylation is 1. The van der Waals surface area contributed by atoms with Crippen LogP contribution in [0, 0.1) is 17.9 Å². The Hall–Kier alpha value is -2.00. The van der Waals surface area contributed by atoms with E-state index in [1.807, 2.05) is 24.3 Å². The molecule has 1 aromatic rings. The van der Waals surface area contributed by atoms with Crippen LogP contribution in [0.5, 0.6) is 5.75 Å². The first kappa shape index (κ1) is 11.1. The van der Waals surface area contributed by atoms with Gasteiger partial charge in [0.1, 0.15) is 5.75 Å². The van der Waals surface area contributed by atoms with E-state index in [1.54, 1.807) is 6.92 Å². The molecule has 0 N–H and O–H groups in total. The summed E-state index contributed by atoms with van der Waals surface area (Å²) in [7, 11) is 0. The molecule has 0 bridgehead atoms. The van der Waals surface area contributed by atoms with Crippen LogP contribution in [-0.2, 0) is 6.42 Å². The average molecular weight is 200 g/mol. The second-order valence-corrected chi connectivity index (χ2v) is 3.15. The van der Waals surface area contributed by atoms with Gasteiger partial charge in [-0.15, -0.1) is 0 Å². The molecule has 0 amide bonds. The van der Waals surface area contributed by atoms with Gasteiger partial charge in [-0.25, -0.2) is 6.57 Å². The minimum atomic E-state index is -0.449. The van der Waals surface area contributed by atoms with Crippen molar-refractivity contribution in [1.29, 1.82) is 5.26 Å². The van der Waals surface area contributed by atoms with Gasteiger partial charge in [-0.3, -0.25) is 4.85 Å². The van der Waals surface area contributed by atoms with E-state index < -0.39 is 6.23 Å². The molecule has 15 heavy (non-hydrogen) atoms. The molecular formula is C12H12N2O. The van der Waals surface area contributed by atoms with Crippen LogP contribution in [0.3, 0.4) is 0 Å². The van der Waals surface area contributed by atoms with Gasteiger partial charge in [-0.2, -0.15) is 5.26 Å². The Bertz CT molecular complexity index is 384. The summed E-state index contributed by atoms with van der Waals surface area (Å²) in [5.74, 6) is 0.694. The van der Waals surface area contributed by atoms with Gasteiger partial charge >= 0.3 is 6.23 Å². The van der Waals surface area contributed by atoms with Gasteiger partial charge in [0.2, 0.25) is 0 Å². The summed E-state index contributed by atoms with van der Waals surface area (Å²) in [6, 6.07) is 9.60. The first-order valence-electron chi connectivity index (χ1n) is 4.75. The van der Waals surface area contributed by atoms with Gasteiger partial charge in [0.05, 0.1) is 13.0 Å². The third-order valence-corrected chi connectivity index (χ3v) is 1.94. The molecule has 0 saturated heterocycles. The molecule has 3 nitrogen and oxygen atoms in total. The highest BCUT2D eigenvalue weighted by Gasteiger charge is 2.04. The first-order chi connectivity index (χ1) is 7.26. The van der Waals surface area contributed by atoms with Crippen LogP contribution in [0.4, 0.5) is 0 Å². The molecule has 0 aromatic heterocycles. The largest absolute Gasteiger partial charge is 0.424 e. The van der Waals surface area contributed by atoms with Crippen molar-refractivity contribution >= 4 is 0 Å². The molecule has 76 valence electrons. The lowest BCUT2D eigenvalue weighted by Crippen LogP contribution is -2.05. The fraction of sp³-hybridized carbons (Fsp3) is 0.333. The number of nitriles is 1. The Morgan fingerprint density at radius 2 is 2.13 bits per heavy atom. The van der Waals surface area contributed by atoms with Gasteiger partial charge in [0.25, 0.3) is 0 Å².